The number of aryl methyl sites for hydroxylation is 2. The molecule has 19 heavy (non-hydrogen) atoms. The van der Waals surface area contributed by atoms with Crippen LogP contribution in [-0.2, 0) is 11.8 Å². The molecule has 102 valence electrons. The Labute approximate surface area is 118 Å². The van der Waals surface area contributed by atoms with Crippen molar-refractivity contribution in [3.63, 3.8) is 0 Å². The zero-order chi connectivity index (χ0) is 13.8. The Kier molecular flexibility index (Phi) is 4.48. The normalized spacial score (nSPS) is 12.4. The van der Waals surface area contributed by atoms with Gasteiger partial charge in [0.1, 0.15) is 11.3 Å². The summed E-state index contributed by atoms with van der Waals surface area (Å²) in [6.07, 6.45) is 2.31. The Morgan fingerprint density at radius 1 is 1.53 bits per heavy atom. The van der Waals surface area contributed by atoms with Crippen LogP contribution < -0.4 is 5.32 Å². The van der Waals surface area contributed by atoms with Crippen molar-refractivity contribution in [2.24, 2.45) is 7.05 Å². The summed E-state index contributed by atoms with van der Waals surface area (Å²) >= 11 is 2.75. The van der Waals surface area contributed by atoms with E-state index in [-0.39, 0.29) is 11.2 Å². The average molecular weight is 298 g/mol. The van der Waals surface area contributed by atoms with Crippen LogP contribution in [0.25, 0.3) is 0 Å². The minimum atomic E-state index is -0.230. The molecule has 0 aliphatic rings. The first-order valence-electron chi connectivity index (χ1n) is 5.71. The molecule has 1 amide bonds. The fourth-order valence-corrected chi connectivity index (χ4v) is 2.85. The molecule has 2 aromatic heterocycles. The molecule has 0 aromatic carbocycles. The van der Waals surface area contributed by atoms with Gasteiger partial charge in [-0.3, -0.25) is 10.1 Å². The van der Waals surface area contributed by atoms with E-state index in [0.29, 0.717) is 11.6 Å². The lowest BCUT2D eigenvalue weighted by molar-refractivity contribution is -0.115. The lowest BCUT2D eigenvalue weighted by Gasteiger charge is -2.12. The van der Waals surface area contributed by atoms with Crippen molar-refractivity contribution in [2.75, 3.05) is 5.32 Å². The zero-order valence-electron chi connectivity index (χ0n) is 10.8. The molecule has 2 rings (SSSR count). The first-order chi connectivity index (χ1) is 9.10. The standard InChI is InChI=1S/C10H14N6OS2/c1-4-7(19-10-15-11-5-16(10)3)8(17)12-9-14-13-6(2)18-9/h5,7H,4H2,1-3H3,(H,12,14,17). The van der Waals surface area contributed by atoms with Crippen molar-refractivity contribution >= 4 is 34.1 Å². The summed E-state index contributed by atoms with van der Waals surface area (Å²) in [6.45, 7) is 3.80. The maximum Gasteiger partial charge on any atom is 0.239 e. The highest BCUT2D eigenvalue weighted by atomic mass is 32.2. The predicted molar refractivity (Wildman–Crippen MR) is 74.2 cm³/mol. The highest BCUT2D eigenvalue weighted by Gasteiger charge is 2.21. The third-order valence-corrected chi connectivity index (χ3v) is 4.50. The number of hydrogen-bond acceptors (Lipinski definition) is 7. The monoisotopic (exact) mass is 298 g/mol. The van der Waals surface area contributed by atoms with Crippen LogP contribution in [0.2, 0.25) is 0 Å². The SMILES string of the molecule is CCC(Sc1nncn1C)C(=O)Nc1nnc(C)s1. The van der Waals surface area contributed by atoms with Crippen LogP contribution in [-0.4, -0.2) is 36.1 Å². The Bertz CT molecular complexity index is 566. The highest BCUT2D eigenvalue weighted by molar-refractivity contribution is 8.00. The summed E-state index contributed by atoms with van der Waals surface area (Å²) in [6, 6.07) is 0. The molecule has 0 saturated heterocycles. The van der Waals surface area contributed by atoms with Crippen LogP contribution >= 0.6 is 23.1 Å². The minimum absolute atomic E-state index is 0.0911. The molecule has 0 saturated carbocycles. The van der Waals surface area contributed by atoms with Gasteiger partial charge in [0, 0.05) is 7.05 Å². The van der Waals surface area contributed by atoms with Crippen molar-refractivity contribution in [2.45, 2.75) is 30.7 Å². The van der Waals surface area contributed by atoms with Gasteiger partial charge < -0.3 is 4.57 Å². The molecule has 7 nitrogen and oxygen atoms in total. The van der Waals surface area contributed by atoms with Crippen molar-refractivity contribution in [1.82, 2.24) is 25.0 Å². The lowest BCUT2D eigenvalue weighted by Crippen LogP contribution is -2.24. The van der Waals surface area contributed by atoms with Crippen LogP contribution in [0.5, 0.6) is 0 Å². The third kappa shape index (κ3) is 3.51. The number of thioether (sulfide) groups is 1. The molecular weight excluding hydrogens is 284 g/mol. The highest BCUT2D eigenvalue weighted by Crippen LogP contribution is 2.24. The number of amides is 1. The van der Waals surface area contributed by atoms with Gasteiger partial charge in [-0.05, 0) is 13.3 Å². The second-order valence-electron chi connectivity index (χ2n) is 3.85. The third-order valence-electron chi connectivity index (χ3n) is 2.34. The smallest absolute Gasteiger partial charge is 0.239 e. The van der Waals surface area contributed by atoms with Gasteiger partial charge in [0.05, 0.1) is 5.25 Å². The van der Waals surface area contributed by atoms with E-state index in [1.54, 1.807) is 10.9 Å². The fraction of sp³-hybridized carbons (Fsp3) is 0.500. The van der Waals surface area contributed by atoms with E-state index < -0.39 is 0 Å². The van der Waals surface area contributed by atoms with Crippen molar-refractivity contribution in [3.05, 3.63) is 11.3 Å². The average Bonchev–Trinajstić information content (AvgIpc) is 2.95. The number of nitrogens with one attached hydrogen (secondary N) is 1. The van der Waals surface area contributed by atoms with Crippen LogP contribution in [0.1, 0.15) is 18.4 Å². The molecule has 0 aliphatic heterocycles. The second kappa shape index (κ2) is 6.11. The number of anilines is 1. The van der Waals surface area contributed by atoms with Crippen LogP contribution in [0.3, 0.4) is 0 Å². The maximum absolute atomic E-state index is 12.1. The Morgan fingerprint density at radius 3 is 2.84 bits per heavy atom. The first kappa shape index (κ1) is 13.9. The Hall–Kier alpha value is -1.48. The molecular formula is C10H14N6OS2. The number of carbonyl (C=O) groups excluding carboxylic acids is 1. The summed E-state index contributed by atoms with van der Waals surface area (Å²) in [5.41, 5.74) is 0. The summed E-state index contributed by atoms with van der Waals surface area (Å²) in [5.74, 6) is -0.0911. The van der Waals surface area contributed by atoms with E-state index in [1.165, 1.54) is 23.1 Å². The Morgan fingerprint density at radius 2 is 2.32 bits per heavy atom. The van der Waals surface area contributed by atoms with Crippen molar-refractivity contribution in [1.29, 1.82) is 0 Å². The van der Waals surface area contributed by atoms with E-state index in [2.05, 4.69) is 25.7 Å². The van der Waals surface area contributed by atoms with Gasteiger partial charge >= 0.3 is 0 Å². The number of aromatic nitrogens is 5. The van der Waals surface area contributed by atoms with Crippen LogP contribution in [0.15, 0.2) is 11.5 Å². The molecule has 2 heterocycles. The largest absolute Gasteiger partial charge is 0.312 e. The number of rotatable bonds is 5. The fourth-order valence-electron chi connectivity index (χ4n) is 1.36. The molecule has 9 heteroatoms. The quantitative estimate of drug-likeness (QED) is 0.842. The van der Waals surface area contributed by atoms with E-state index in [0.717, 1.165) is 10.2 Å². The number of carbonyl (C=O) groups is 1. The van der Waals surface area contributed by atoms with Crippen molar-refractivity contribution < 1.29 is 4.79 Å². The van der Waals surface area contributed by atoms with Gasteiger partial charge in [-0.1, -0.05) is 30.0 Å². The number of hydrogen-bond donors (Lipinski definition) is 1. The summed E-state index contributed by atoms with van der Waals surface area (Å²) in [7, 11) is 1.85. The van der Waals surface area contributed by atoms with E-state index >= 15 is 0 Å². The van der Waals surface area contributed by atoms with Gasteiger partial charge in [-0.2, -0.15) is 0 Å². The molecule has 0 bridgehead atoms. The van der Waals surface area contributed by atoms with Crippen LogP contribution in [0, 0.1) is 6.92 Å². The predicted octanol–water partition coefficient (Wildman–Crippen LogP) is 1.48. The maximum atomic E-state index is 12.1. The van der Waals surface area contributed by atoms with E-state index in [9.17, 15) is 4.79 Å². The van der Waals surface area contributed by atoms with Gasteiger partial charge in [-0.15, -0.1) is 20.4 Å². The topological polar surface area (TPSA) is 85.6 Å². The van der Waals surface area contributed by atoms with Crippen molar-refractivity contribution in [3.8, 4) is 0 Å². The van der Waals surface area contributed by atoms with Crippen LogP contribution in [0.4, 0.5) is 5.13 Å². The molecule has 0 spiro atoms. The second-order valence-corrected chi connectivity index (χ2v) is 6.21. The number of nitrogens with zero attached hydrogens (tertiary/aromatic N) is 5. The minimum Gasteiger partial charge on any atom is -0.312 e. The molecule has 0 radical (unpaired) electrons. The molecule has 1 unspecified atom stereocenters. The zero-order valence-corrected chi connectivity index (χ0v) is 12.5. The Balaban J connectivity index is 2.01. The summed E-state index contributed by atoms with van der Waals surface area (Å²) in [4.78, 5) is 12.1. The molecule has 1 atom stereocenters. The molecule has 2 aromatic rings. The molecule has 1 N–H and O–H groups in total. The molecule has 0 aliphatic carbocycles. The summed E-state index contributed by atoms with van der Waals surface area (Å²) < 4.78 is 1.79. The van der Waals surface area contributed by atoms with E-state index in [1.807, 2.05) is 20.9 Å². The van der Waals surface area contributed by atoms with Gasteiger partial charge in [0.25, 0.3) is 0 Å². The van der Waals surface area contributed by atoms with Gasteiger partial charge in [-0.25, -0.2) is 0 Å². The first-order valence-corrected chi connectivity index (χ1v) is 7.41. The lowest BCUT2D eigenvalue weighted by atomic mass is 10.3. The van der Waals surface area contributed by atoms with Gasteiger partial charge in [0.15, 0.2) is 5.16 Å². The van der Waals surface area contributed by atoms with E-state index in [4.69, 9.17) is 0 Å². The van der Waals surface area contributed by atoms with Gasteiger partial charge in [0.2, 0.25) is 11.0 Å². The molecule has 0 fully saturated rings. The summed E-state index contributed by atoms with van der Waals surface area (Å²) in [5, 5.41) is 20.1.